The van der Waals surface area contributed by atoms with E-state index < -0.39 is 5.97 Å². The summed E-state index contributed by atoms with van der Waals surface area (Å²) in [6, 6.07) is 20.3. The van der Waals surface area contributed by atoms with E-state index in [1.165, 1.54) is 13.2 Å². The van der Waals surface area contributed by atoms with Crippen molar-refractivity contribution in [2.45, 2.75) is 44.9 Å². The highest BCUT2D eigenvalue weighted by atomic mass is 16.5. The van der Waals surface area contributed by atoms with Crippen LogP contribution in [0, 0.1) is 0 Å². The molecule has 0 radical (unpaired) electrons. The standard InChI is InChI=1S/C33H38N2O6/c1-39-31(36)18-10-24-6-11-27(12-7-24)33(38)41-21-5-3-2-4-20-40-32(37)19-14-26-13-17-30(35)23-28(26)22-25-8-15-29(34)16-9-25/h6-13,15-18,23H,2-5,14,19-22,34-35H2,1H3/b18-10+. The molecule has 0 aliphatic carbocycles. The molecule has 0 fully saturated rings. The van der Waals surface area contributed by atoms with Crippen molar-refractivity contribution < 1.29 is 28.6 Å². The van der Waals surface area contributed by atoms with E-state index in [-0.39, 0.29) is 11.9 Å². The Hall–Kier alpha value is -4.59. The lowest BCUT2D eigenvalue weighted by Crippen LogP contribution is -2.09. The largest absolute Gasteiger partial charge is 0.466 e. The summed E-state index contributed by atoms with van der Waals surface area (Å²) in [5.74, 6) is -1.05. The van der Waals surface area contributed by atoms with E-state index in [0.29, 0.717) is 43.7 Å². The maximum absolute atomic E-state index is 12.3. The van der Waals surface area contributed by atoms with Gasteiger partial charge in [-0.2, -0.15) is 0 Å². The Kier molecular flexibility index (Phi) is 12.5. The van der Waals surface area contributed by atoms with Gasteiger partial charge in [0.15, 0.2) is 0 Å². The van der Waals surface area contributed by atoms with Gasteiger partial charge in [0.2, 0.25) is 0 Å². The summed E-state index contributed by atoms with van der Waals surface area (Å²) in [5.41, 5.74) is 17.7. The lowest BCUT2D eigenvalue weighted by Gasteiger charge is -2.11. The molecule has 0 saturated carbocycles. The summed E-state index contributed by atoms with van der Waals surface area (Å²) < 4.78 is 15.3. The predicted octanol–water partition coefficient (Wildman–Crippen LogP) is 5.52. The van der Waals surface area contributed by atoms with E-state index in [0.717, 1.165) is 53.6 Å². The Morgan fingerprint density at radius 2 is 1.41 bits per heavy atom. The van der Waals surface area contributed by atoms with Gasteiger partial charge in [0, 0.05) is 23.9 Å². The van der Waals surface area contributed by atoms with Gasteiger partial charge >= 0.3 is 17.9 Å². The lowest BCUT2D eigenvalue weighted by atomic mass is 9.96. The number of anilines is 2. The van der Waals surface area contributed by atoms with Crippen molar-refractivity contribution in [2.24, 2.45) is 0 Å². The number of ether oxygens (including phenoxy) is 3. The van der Waals surface area contributed by atoms with Crippen LogP contribution >= 0.6 is 0 Å². The zero-order valence-electron chi connectivity index (χ0n) is 23.5. The molecule has 0 aliphatic rings. The van der Waals surface area contributed by atoms with Crippen LogP contribution in [-0.2, 0) is 36.6 Å². The number of carbonyl (C=O) groups is 3. The molecule has 0 aliphatic heterocycles. The van der Waals surface area contributed by atoms with Crippen molar-refractivity contribution >= 4 is 35.4 Å². The molecule has 4 N–H and O–H groups in total. The molecule has 8 nitrogen and oxygen atoms in total. The maximum atomic E-state index is 12.3. The fourth-order valence-electron chi connectivity index (χ4n) is 4.17. The van der Waals surface area contributed by atoms with Crippen LogP contribution in [-0.4, -0.2) is 38.2 Å². The van der Waals surface area contributed by atoms with Gasteiger partial charge in [-0.3, -0.25) is 4.79 Å². The third-order valence-electron chi connectivity index (χ3n) is 6.50. The Balaban J connectivity index is 1.28. The second-order valence-electron chi connectivity index (χ2n) is 9.70. The van der Waals surface area contributed by atoms with E-state index in [9.17, 15) is 14.4 Å². The minimum atomic E-state index is -0.443. The molecule has 3 aromatic carbocycles. The SMILES string of the molecule is COC(=O)/C=C/c1ccc(C(=O)OCCCCCCOC(=O)CCc2ccc(N)cc2Cc2ccc(N)cc2)cc1. The van der Waals surface area contributed by atoms with Crippen molar-refractivity contribution in [3.63, 3.8) is 0 Å². The average molecular weight is 559 g/mol. The fraction of sp³-hybridized carbons (Fsp3) is 0.303. The Morgan fingerprint density at radius 3 is 2.10 bits per heavy atom. The van der Waals surface area contributed by atoms with Crippen LogP contribution in [0.15, 0.2) is 72.8 Å². The van der Waals surface area contributed by atoms with Crippen molar-refractivity contribution in [1.29, 1.82) is 0 Å². The van der Waals surface area contributed by atoms with Gasteiger partial charge in [0.05, 0.1) is 25.9 Å². The molecule has 0 heterocycles. The first kappa shape index (κ1) is 30.9. The summed E-state index contributed by atoms with van der Waals surface area (Å²) in [7, 11) is 1.31. The molecule has 0 bridgehead atoms. The fourth-order valence-corrected chi connectivity index (χ4v) is 4.17. The molecule has 0 unspecified atom stereocenters. The quantitative estimate of drug-likeness (QED) is 0.0820. The number of methoxy groups -OCH3 is 1. The minimum Gasteiger partial charge on any atom is -0.466 e. The Labute approximate surface area is 241 Å². The molecule has 3 aromatic rings. The van der Waals surface area contributed by atoms with E-state index in [1.54, 1.807) is 30.3 Å². The third-order valence-corrected chi connectivity index (χ3v) is 6.50. The van der Waals surface area contributed by atoms with Crippen LogP contribution in [0.3, 0.4) is 0 Å². The van der Waals surface area contributed by atoms with Crippen molar-refractivity contribution in [3.8, 4) is 0 Å². The Morgan fingerprint density at radius 1 is 0.756 bits per heavy atom. The summed E-state index contributed by atoms with van der Waals surface area (Å²) >= 11 is 0. The number of hydrogen-bond acceptors (Lipinski definition) is 8. The molecular weight excluding hydrogens is 520 g/mol. The molecule has 8 heteroatoms. The first-order chi connectivity index (χ1) is 19.8. The third kappa shape index (κ3) is 11.2. The van der Waals surface area contributed by atoms with E-state index >= 15 is 0 Å². The lowest BCUT2D eigenvalue weighted by molar-refractivity contribution is -0.143. The van der Waals surface area contributed by atoms with E-state index in [2.05, 4.69) is 4.74 Å². The van der Waals surface area contributed by atoms with Gasteiger partial charge in [0.1, 0.15) is 0 Å². The highest BCUT2D eigenvalue weighted by molar-refractivity contribution is 5.90. The van der Waals surface area contributed by atoms with Crippen molar-refractivity contribution in [1.82, 2.24) is 0 Å². The predicted molar refractivity (Wildman–Crippen MR) is 160 cm³/mol. The van der Waals surface area contributed by atoms with Gasteiger partial charge in [-0.1, -0.05) is 30.3 Å². The molecule has 0 saturated heterocycles. The number of aryl methyl sites for hydroxylation is 1. The second-order valence-corrected chi connectivity index (χ2v) is 9.70. The monoisotopic (exact) mass is 558 g/mol. The van der Waals surface area contributed by atoms with Crippen LogP contribution in [0.25, 0.3) is 6.08 Å². The van der Waals surface area contributed by atoms with E-state index in [4.69, 9.17) is 20.9 Å². The van der Waals surface area contributed by atoms with Crippen LogP contribution in [0.1, 0.15) is 64.7 Å². The van der Waals surface area contributed by atoms with Gasteiger partial charge in [-0.25, -0.2) is 9.59 Å². The zero-order chi connectivity index (χ0) is 29.5. The summed E-state index contributed by atoms with van der Waals surface area (Å²) in [5, 5.41) is 0. The van der Waals surface area contributed by atoms with Gasteiger partial charge in [-0.15, -0.1) is 0 Å². The summed E-state index contributed by atoms with van der Waals surface area (Å²) in [6.45, 7) is 0.693. The summed E-state index contributed by atoms with van der Waals surface area (Å²) in [4.78, 5) is 35.7. The normalized spacial score (nSPS) is 10.9. The van der Waals surface area contributed by atoms with Crippen molar-refractivity contribution in [2.75, 3.05) is 31.8 Å². The molecule has 0 spiro atoms. The van der Waals surface area contributed by atoms with Crippen LogP contribution in [0.2, 0.25) is 0 Å². The number of benzene rings is 3. The number of hydrogen-bond donors (Lipinski definition) is 2. The second kappa shape index (κ2) is 16.5. The zero-order valence-corrected chi connectivity index (χ0v) is 23.5. The van der Waals surface area contributed by atoms with Crippen LogP contribution in [0.4, 0.5) is 11.4 Å². The molecular formula is C33H38N2O6. The first-order valence-electron chi connectivity index (χ1n) is 13.7. The number of unbranched alkanes of at least 4 members (excludes halogenated alkanes) is 3. The summed E-state index contributed by atoms with van der Waals surface area (Å²) in [6.07, 6.45) is 7.75. The molecule has 0 aromatic heterocycles. The number of esters is 3. The molecule has 41 heavy (non-hydrogen) atoms. The first-order valence-corrected chi connectivity index (χ1v) is 13.7. The smallest absolute Gasteiger partial charge is 0.338 e. The average Bonchev–Trinajstić information content (AvgIpc) is 2.98. The molecule has 0 atom stereocenters. The highest BCUT2D eigenvalue weighted by Gasteiger charge is 2.10. The number of carbonyl (C=O) groups excluding carboxylic acids is 3. The molecule has 216 valence electrons. The molecule has 0 amide bonds. The Bertz CT molecular complexity index is 1320. The topological polar surface area (TPSA) is 131 Å². The maximum Gasteiger partial charge on any atom is 0.338 e. The van der Waals surface area contributed by atoms with Crippen LogP contribution < -0.4 is 11.5 Å². The van der Waals surface area contributed by atoms with Crippen LogP contribution in [0.5, 0.6) is 0 Å². The van der Waals surface area contributed by atoms with E-state index in [1.807, 2.05) is 42.5 Å². The highest BCUT2D eigenvalue weighted by Crippen LogP contribution is 2.20. The number of nitrogen functional groups attached to an aromatic ring is 2. The minimum absolute atomic E-state index is 0.221. The number of rotatable bonds is 15. The van der Waals surface area contributed by atoms with Gasteiger partial charge in [0.25, 0.3) is 0 Å². The number of nitrogens with two attached hydrogens (primary N) is 2. The molecule has 3 rings (SSSR count). The van der Waals surface area contributed by atoms with Gasteiger partial charge < -0.3 is 25.7 Å². The van der Waals surface area contributed by atoms with Gasteiger partial charge in [-0.05, 0) is 103 Å². The van der Waals surface area contributed by atoms with Crippen molar-refractivity contribution in [3.05, 3.63) is 101 Å².